The van der Waals surface area contributed by atoms with Gasteiger partial charge in [0.25, 0.3) is 5.91 Å². The number of aromatic nitrogens is 2. The second kappa shape index (κ2) is 5.51. The molecule has 0 unspecified atom stereocenters. The van der Waals surface area contributed by atoms with E-state index in [-0.39, 0.29) is 12.5 Å². The summed E-state index contributed by atoms with van der Waals surface area (Å²) in [6.07, 6.45) is 1.80. The van der Waals surface area contributed by atoms with Crippen LogP contribution in [0.25, 0.3) is 16.9 Å². The molecule has 122 valence electrons. The van der Waals surface area contributed by atoms with Crippen molar-refractivity contribution in [3.05, 3.63) is 47.2 Å². The molecule has 6 nitrogen and oxygen atoms in total. The average Bonchev–Trinajstić information content (AvgIpc) is 2.95. The number of amides is 1. The van der Waals surface area contributed by atoms with Crippen LogP contribution in [0.1, 0.15) is 5.69 Å². The SMILES string of the molecule is CN1C(=O)COc2ccc(-c3nc4ccc(Cl)cn4c3CN)cc21. The van der Waals surface area contributed by atoms with Crippen molar-refractivity contribution in [2.24, 2.45) is 5.73 Å². The Hall–Kier alpha value is -2.57. The molecule has 0 fully saturated rings. The van der Waals surface area contributed by atoms with Gasteiger partial charge in [0.2, 0.25) is 0 Å². The van der Waals surface area contributed by atoms with E-state index < -0.39 is 0 Å². The number of fused-ring (bicyclic) bond motifs is 2. The van der Waals surface area contributed by atoms with E-state index in [4.69, 9.17) is 22.1 Å². The van der Waals surface area contributed by atoms with Crippen LogP contribution in [0.3, 0.4) is 0 Å². The van der Waals surface area contributed by atoms with E-state index in [2.05, 4.69) is 4.98 Å². The lowest BCUT2D eigenvalue weighted by atomic mass is 10.1. The van der Waals surface area contributed by atoms with Gasteiger partial charge in [-0.25, -0.2) is 4.98 Å². The molecule has 0 saturated carbocycles. The summed E-state index contributed by atoms with van der Waals surface area (Å²) < 4.78 is 7.36. The number of nitrogens with two attached hydrogens (primary N) is 1. The molecule has 0 radical (unpaired) electrons. The molecule has 24 heavy (non-hydrogen) atoms. The van der Waals surface area contributed by atoms with Gasteiger partial charge in [0, 0.05) is 25.4 Å². The lowest BCUT2D eigenvalue weighted by Gasteiger charge is -2.26. The number of rotatable bonds is 2. The van der Waals surface area contributed by atoms with E-state index in [1.54, 1.807) is 24.2 Å². The summed E-state index contributed by atoms with van der Waals surface area (Å²) in [4.78, 5) is 18.1. The fraction of sp³-hybridized carbons (Fsp3) is 0.176. The summed E-state index contributed by atoms with van der Waals surface area (Å²) in [5.74, 6) is 0.599. The first-order valence-electron chi connectivity index (χ1n) is 7.49. The Kier molecular flexibility index (Phi) is 3.44. The number of nitrogens with zero attached hydrogens (tertiary/aromatic N) is 3. The Labute approximate surface area is 143 Å². The number of hydrogen-bond donors (Lipinski definition) is 1. The third-order valence-corrected chi connectivity index (χ3v) is 4.42. The van der Waals surface area contributed by atoms with Gasteiger partial charge in [-0.15, -0.1) is 0 Å². The molecule has 0 aliphatic carbocycles. The van der Waals surface area contributed by atoms with Crippen LogP contribution in [-0.4, -0.2) is 28.9 Å². The van der Waals surface area contributed by atoms with Crippen LogP contribution in [0.5, 0.6) is 5.75 Å². The predicted octanol–water partition coefficient (Wildman–Crippen LogP) is 2.47. The lowest BCUT2D eigenvalue weighted by molar-refractivity contribution is -0.120. The highest BCUT2D eigenvalue weighted by Gasteiger charge is 2.23. The molecular formula is C17H15ClN4O2. The molecule has 1 amide bonds. The summed E-state index contributed by atoms with van der Waals surface area (Å²) in [5.41, 5.74) is 9.94. The van der Waals surface area contributed by atoms with Crippen LogP contribution in [0, 0.1) is 0 Å². The Morgan fingerprint density at radius 1 is 1.33 bits per heavy atom. The molecule has 0 spiro atoms. The molecule has 1 aliphatic heterocycles. The summed E-state index contributed by atoms with van der Waals surface area (Å²) >= 11 is 6.08. The lowest BCUT2D eigenvalue weighted by Crippen LogP contribution is -2.35. The second-order valence-electron chi connectivity index (χ2n) is 5.61. The molecule has 1 aromatic carbocycles. The highest BCUT2D eigenvalue weighted by atomic mass is 35.5. The molecule has 0 saturated heterocycles. The molecule has 2 aromatic heterocycles. The Morgan fingerprint density at radius 2 is 2.17 bits per heavy atom. The Morgan fingerprint density at radius 3 is 2.96 bits per heavy atom. The normalized spacial score (nSPS) is 14.0. The van der Waals surface area contributed by atoms with Gasteiger partial charge in [0.15, 0.2) is 6.61 Å². The number of carbonyl (C=O) groups excluding carboxylic acids is 1. The number of ether oxygens (including phenoxy) is 1. The van der Waals surface area contributed by atoms with Gasteiger partial charge in [-0.3, -0.25) is 4.79 Å². The van der Waals surface area contributed by atoms with Crippen molar-refractivity contribution in [3.63, 3.8) is 0 Å². The van der Waals surface area contributed by atoms with Crippen molar-refractivity contribution in [2.45, 2.75) is 6.54 Å². The Bertz CT molecular complexity index is 967. The minimum atomic E-state index is -0.0829. The molecule has 1 aliphatic rings. The van der Waals surface area contributed by atoms with E-state index in [0.29, 0.717) is 17.3 Å². The number of imidazole rings is 1. The topological polar surface area (TPSA) is 72.9 Å². The summed E-state index contributed by atoms with van der Waals surface area (Å²) in [6.45, 7) is 0.378. The standard InChI is InChI=1S/C17H15ClN4O2/c1-21-12-6-10(2-4-14(12)24-9-16(21)23)17-13(7-19)22-8-11(18)3-5-15(22)20-17/h2-6,8H,7,9,19H2,1H3. The molecule has 4 rings (SSSR count). The zero-order valence-corrected chi connectivity index (χ0v) is 13.7. The number of likely N-dealkylation sites (N-methyl/N-ethyl adjacent to an activating group) is 1. The third kappa shape index (κ3) is 2.23. The summed E-state index contributed by atoms with van der Waals surface area (Å²) in [6, 6.07) is 9.31. The van der Waals surface area contributed by atoms with Gasteiger partial charge in [-0.05, 0) is 30.3 Å². The van der Waals surface area contributed by atoms with Gasteiger partial charge in [-0.2, -0.15) is 0 Å². The first kappa shape index (κ1) is 15.0. The fourth-order valence-electron chi connectivity index (χ4n) is 2.91. The van der Waals surface area contributed by atoms with Crippen molar-refractivity contribution < 1.29 is 9.53 Å². The van der Waals surface area contributed by atoms with Crippen LogP contribution in [0.2, 0.25) is 5.02 Å². The van der Waals surface area contributed by atoms with E-state index in [1.807, 2.05) is 28.7 Å². The highest BCUT2D eigenvalue weighted by molar-refractivity contribution is 6.30. The van der Waals surface area contributed by atoms with Gasteiger partial charge < -0.3 is 19.8 Å². The highest BCUT2D eigenvalue weighted by Crippen LogP contribution is 2.36. The quantitative estimate of drug-likeness (QED) is 0.776. The van der Waals surface area contributed by atoms with Gasteiger partial charge >= 0.3 is 0 Å². The number of anilines is 1. The predicted molar refractivity (Wildman–Crippen MR) is 92.4 cm³/mol. The molecule has 2 N–H and O–H groups in total. The Balaban J connectivity index is 1.90. The van der Waals surface area contributed by atoms with Gasteiger partial charge in [0.1, 0.15) is 11.4 Å². The monoisotopic (exact) mass is 342 g/mol. The molecule has 7 heteroatoms. The molecule has 3 aromatic rings. The zero-order valence-electron chi connectivity index (χ0n) is 13.0. The number of pyridine rings is 1. The van der Waals surface area contributed by atoms with Crippen molar-refractivity contribution in [1.29, 1.82) is 0 Å². The number of benzene rings is 1. The summed E-state index contributed by atoms with van der Waals surface area (Å²) in [7, 11) is 1.74. The van der Waals surface area contributed by atoms with Gasteiger partial charge in [0.05, 0.1) is 22.1 Å². The smallest absolute Gasteiger partial charge is 0.264 e. The first-order chi connectivity index (χ1) is 11.6. The largest absolute Gasteiger partial charge is 0.482 e. The van der Waals surface area contributed by atoms with Crippen molar-refractivity contribution in [3.8, 4) is 17.0 Å². The van der Waals surface area contributed by atoms with E-state index in [9.17, 15) is 4.79 Å². The molecule has 0 bridgehead atoms. The maximum atomic E-state index is 11.9. The van der Waals surface area contributed by atoms with E-state index in [1.165, 1.54) is 0 Å². The molecule has 3 heterocycles. The summed E-state index contributed by atoms with van der Waals surface area (Å²) in [5, 5.41) is 0.616. The maximum Gasteiger partial charge on any atom is 0.264 e. The van der Waals surface area contributed by atoms with E-state index in [0.717, 1.165) is 28.3 Å². The van der Waals surface area contributed by atoms with Gasteiger partial charge in [-0.1, -0.05) is 11.6 Å². The van der Waals surface area contributed by atoms with Crippen LogP contribution >= 0.6 is 11.6 Å². The average molecular weight is 343 g/mol. The van der Waals surface area contributed by atoms with E-state index >= 15 is 0 Å². The zero-order chi connectivity index (χ0) is 16.8. The number of halogens is 1. The fourth-order valence-corrected chi connectivity index (χ4v) is 3.07. The molecular weight excluding hydrogens is 328 g/mol. The number of hydrogen-bond acceptors (Lipinski definition) is 4. The minimum absolute atomic E-state index is 0.0593. The van der Waals surface area contributed by atoms with Crippen molar-refractivity contribution in [2.75, 3.05) is 18.6 Å². The van der Waals surface area contributed by atoms with Crippen LogP contribution in [0.15, 0.2) is 36.5 Å². The second-order valence-corrected chi connectivity index (χ2v) is 6.05. The van der Waals surface area contributed by atoms with Crippen LogP contribution < -0.4 is 15.4 Å². The maximum absolute atomic E-state index is 11.9. The molecule has 0 atom stereocenters. The minimum Gasteiger partial charge on any atom is -0.482 e. The third-order valence-electron chi connectivity index (χ3n) is 4.19. The van der Waals surface area contributed by atoms with Crippen LogP contribution in [0.4, 0.5) is 5.69 Å². The van der Waals surface area contributed by atoms with Crippen LogP contribution in [-0.2, 0) is 11.3 Å². The van der Waals surface area contributed by atoms with Crippen molar-refractivity contribution in [1.82, 2.24) is 9.38 Å². The van der Waals surface area contributed by atoms with Crippen molar-refractivity contribution >= 4 is 28.8 Å². The number of carbonyl (C=O) groups is 1. The first-order valence-corrected chi connectivity index (χ1v) is 7.86.